The van der Waals surface area contributed by atoms with E-state index in [1.807, 2.05) is 13.8 Å². The Morgan fingerprint density at radius 1 is 1.45 bits per heavy atom. The van der Waals surface area contributed by atoms with Crippen LogP contribution in [-0.2, 0) is 0 Å². The zero-order chi connectivity index (χ0) is 15.1. The van der Waals surface area contributed by atoms with E-state index in [9.17, 15) is 15.2 Å². The third-order valence-electron chi connectivity index (χ3n) is 3.42. The van der Waals surface area contributed by atoms with Gasteiger partial charge in [-0.3, -0.25) is 10.1 Å². The Labute approximate surface area is 118 Å². The molecule has 6 heteroatoms. The Bertz CT molecular complexity index is 507. The molecule has 1 atom stereocenters. The molecule has 0 amide bonds. The van der Waals surface area contributed by atoms with Crippen LogP contribution in [0.15, 0.2) is 18.2 Å². The van der Waals surface area contributed by atoms with E-state index in [2.05, 4.69) is 5.32 Å². The molecule has 0 aromatic heterocycles. The summed E-state index contributed by atoms with van der Waals surface area (Å²) in [6.45, 7) is 4.41. The lowest BCUT2D eigenvalue weighted by Crippen LogP contribution is -2.27. The molecule has 1 aromatic rings. The van der Waals surface area contributed by atoms with Crippen LogP contribution in [0.5, 0.6) is 0 Å². The van der Waals surface area contributed by atoms with Crippen molar-refractivity contribution in [2.45, 2.75) is 32.8 Å². The summed E-state index contributed by atoms with van der Waals surface area (Å²) in [5.41, 5.74) is 0.396. The van der Waals surface area contributed by atoms with Gasteiger partial charge in [-0.2, -0.15) is 5.26 Å². The molecule has 0 aliphatic rings. The van der Waals surface area contributed by atoms with Crippen LogP contribution in [0.25, 0.3) is 0 Å². The van der Waals surface area contributed by atoms with Gasteiger partial charge in [-0.15, -0.1) is 0 Å². The van der Waals surface area contributed by atoms with Gasteiger partial charge in [0.2, 0.25) is 0 Å². The maximum Gasteiger partial charge on any atom is 0.287 e. The molecule has 0 saturated carbocycles. The second-order valence-corrected chi connectivity index (χ2v) is 4.63. The monoisotopic (exact) mass is 277 g/mol. The number of nitrogens with zero attached hydrogens (tertiary/aromatic N) is 2. The van der Waals surface area contributed by atoms with Gasteiger partial charge in [-0.25, -0.2) is 0 Å². The molecule has 6 nitrogen and oxygen atoms in total. The Morgan fingerprint density at radius 2 is 2.10 bits per heavy atom. The number of hydrogen-bond acceptors (Lipinski definition) is 5. The largest absolute Gasteiger partial charge is 0.391 e. The number of aliphatic hydroxyl groups is 1. The van der Waals surface area contributed by atoms with Gasteiger partial charge < -0.3 is 10.4 Å². The first kappa shape index (κ1) is 15.9. The van der Waals surface area contributed by atoms with E-state index in [-0.39, 0.29) is 17.2 Å². The fourth-order valence-corrected chi connectivity index (χ4v) is 2.12. The number of anilines is 1. The fraction of sp³-hybridized carbons (Fsp3) is 0.500. The van der Waals surface area contributed by atoms with E-state index in [0.29, 0.717) is 12.2 Å². The van der Waals surface area contributed by atoms with E-state index in [1.54, 1.807) is 12.1 Å². The molecule has 0 heterocycles. The van der Waals surface area contributed by atoms with Crippen LogP contribution >= 0.6 is 0 Å². The molecule has 2 N–H and O–H groups in total. The maximum absolute atomic E-state index is 10.7. The smallest absolute Gasteiger partial charge is 0.287 e. The first-order chi connectivity index (χ1) is 9.53. The molecule has 0 radical (unpaired) electrons. The van der Waals surface area contributed by atoms with Crippen LogP contribution in [-0.4, -0.2) is 22.7 Å². The molecule has 0 spiro atoms. The number of hydrogen-bond donors (Lipinski definition) is 2. The highest BCUT2D eigenvalue weighted by atomic mass is 16.6. The summed E-state index contributed by atoms with van der Waals surface area (Å²) in [5, 5.41) is 32.6. The van der Waals surface area contributed by atoms with Gasteiger partial charge in [-0.1, -0.05) is 26.7 Å². The molecule has 0 bridgehead atoms. The minimum absolute atomic E-state index is 0.0111. The number of nitrogens with one attached hydrogen (secondary N) is 1. The quantitative estimate of drug-likeness (QED) is 0.589. The summed E-state index contributed by atoms with van der Waals surface area (Å²) in [6.07, 6.45) is 1.30. The predicted molar refractivity (Wildman–Crippen MR) is 76.4 cm³/mol. The minimum atomic E-state index is -0.582. The van der Waals surface area contributed by atoms with E-state index in [1.165, 1.54) is 12.1 Å². The first-order valence-electron chi connectivity index (χ1n) is 6.63. The van der Waals surface area contributed by atoms with Crippen molar-refractivity contribution >= 4 is 11.4 Å². The van der Waals surface area contributed by atoms with Crippen molar-refractivity contribution < 1.29 is 10.0 Å². The highest BCUT2D eigenvalue weighted by Gasteiger charge is 2.17. The molecule has 108 valence electrons. The zero-order valence-corrected chi connectivity index (χ0v) is 11.7. The summed E-state index contributed by atoms with van der Waals surface area (Å²) < 4.78 is 0. The molecule has 1 aromatic carbocycles. The summed E-state index contributed by atoms with van der Waals surface area (Å²) in [6, 6.07) is 6.07. The average molecular weight is 277 g/mol. The number of benzene rings is 1. The fourth-order valence-electron chi connectivity index (χ4n) is 2.12. The highest BCUT2D eigenvalue weighted by molar-refractivity contribution is 5.58. The van der Waals surface area contributed by atoms with Crippen molar-refractivity contribution in [2.75, 3.05) is 11.9 Å². The van der Waals surface area contributed by atoms with Crippen molar-refractivity contribution in [1.29, 1.82) is 5.26 Å². The number of aliphatic hydroxyl groups excluding tert-OH is 1. The van der Waals surface area contributed by atoms with Crippen molar-refractivity contribution in [3.8, 4) is 6.07 Å². The van der Waals surface area contributed by atoms with Crippen molar-refractivity contribution in [3.05, 3.63) is 33.9 Å². The van der Waals surface area contributed by atoms with Gasteiger partial charge in [0.1, 0.15) is 11.6 Å². The Hall–Kier alpha value is -2.13. The molecule has 0 aliphatic carbocycles. The Morgan fingerprint density at radius 3 is 2.60 bits per heavy atom. The average Bonchev–Trinajstić information content (AvgIpc) is 2.45. The van der Waals surface area contributed by atoms with E-state index in [0.717, 1.165) is 12.8 Å². The Kier molecular flexibility index (Phi) is 5.94. The highest BCUT2D eigenvalue weighted by Crippen LogP contribution is 2.22. The van der Waals surface area contributed by atoms with Crippen LogP contribution < -0.4 is 5.32 Å². The Balaban J connectivity index is 2.75. The minimum Gasteiger partial charge on any atom is -0.391 e. The molecule has 20 heavy (non-hydrogen) atoms. The normalized spacial score (nSPS) is 11.9. The van der Waals surface area contributed by atoms with Gasteiger partial charge in [0.15, 0.2) is 0 Å². The van der Waals surface area contributed by atoms with Crippen LogP contribution in [0.3, 0.4) is 0 Å². The molecule has 0 fully saturated rings. The first-order valence-corrected chi connectivity index (χ1v) is 6.63. The van der Waals surface area contributed by atoms with Gasteiger partial charge in [0.25, 0.3) is 5.69 Å². The van der Waals surface area contributed by atoms with Gasteiger partial charge in [-0.05, 0) is 18.1 Å². The van der Waals surface area contributed by atoms with Gasteiger partial charge in [0.05, 0.1) is 11.0 Å². The van der Waals surface area contributed by atoms with Crippen molar-refractivity contribution in [1.82, 2.24) is 0 Å². The molecular formula is C14H19N3O3. The third kappa shape index (κ3) is 3.93. The van der Waals surface area contributed by atoms with E-state index >= 15 is 0 Å². The topological polar surface area (TPSA) is 99.2 Å². The predicted octanol–water partition coefficient (Wildman–Crippen LogP) is 2.68. The summed E-state index contributed by atoms with van der Waals surface area (Å²) in [5.74, 6) is 0.219. The maximum atomic E-state index is 10.7. The molecule has 0 aliphatic heterocycles. The van der Waals surface area contributed by atoms with Gasteiger partial charge in [0, 0.05) is 18.3 Å². The molecule has 1 rings (SSSR count). The zero-order valence-electron chi connectivity index (χ0n) is 11.7. The van der Waals surface area contributed by atoms with E-state index < -0.39 is 11.0 Å². The SMILES string of the molecule is CCC(CC)C(O)CNc1ccc([N+](=O)[O-])c(C#N)c1. The standard InChI is InChI=1S/C14H19N3O3/c1-3-10(4-2)14(18)9-16-12-5-6-13(17(19)20)11(7-12)8-15/h5-7,10,14,16,18H,3-4,9H2,1-2H3. The van der Waals surface area contributed by atoms with Crippen LogP contribution in [0, 0.1) is 27.4 Å². The second kappa shape index (κ2) is 7.46. The second-order valence-electron chi connectivity index (χ2n) is 4.63. The number of rotatable bonds is 7. The van der Waals surface area contributed by atoms with E-state index in [4.69, 9.17) is 5.26 Å². The number of nitro groups is 1. The lowest BCUT2D eigenvalue weighted by Gasteiger charge is -2.20. The molecular weight excluding hydrogens is 258 g/mol. The van der Waals surface area contributed by atoms with Crippen molar-refractivity contribution in [3.63, 3.8) is 0 Å². The van der Waals surface area contributed by atoms with Crippen LogP contribution in [0.2, 0.25) is 0 Å². The summed E-state index contributed by atoms with van der Waals surface area (Å²) in [4.78, 5) is 10.1. The summed E-state index contributed by atoms with van der Waals surface area (Å²) >= 11 is 0. The lowest BCUT2D eigenvalue weighted by molar-refractivity contribution is -0.385. The molecule has 0 saturated heterocycles. The summed E-state index contributed by atoms with van der Waals surface area (Å²) in [7, 11) is 0. The number of nitro benzene ring substituents is 1. The van der Waals surface area contributed by atoms with Crippen molar-refractivity contribution in [2.24, 2.45) is 5.92 Å². The number of nitriles is 1. The van der Waals surface area contributed by atoms with Crippen LogP contribution in [0.4, 0.5) is 11.4 Å². The van der Waals surface area contributed by atoms with Gasteiger partial charge >= 0.3 is 0 Å². The van der Waals surface area contributed by atoms with Crippen LogP contribution in [0.1, 0.15) is 32.3 Å². The lowest BCUT2D eigenvalue weighted by atomic mass is 9.96. The third-order valence-corrected chi connectivity index (χ3v) is 3.42. The molecule has 1 unspecified atom stereocenters.